The van der Waals surface area contributed by atoms with Gasteiger partial charge < -0.3 is 15.2 Å². The molecule has 0 spiro atoms. The highest BCUT2D eigenvalue weighted by atomic mass is 19.3. The summed E-state index contributed by atoms with van der Waals surface area (Å²) in [7, 11) is 0. The van der Waals surface area contributed by atoms with Gasteiger partial charge in [-0.15, -0.1) is 0 Å². The van der Waals surface area contributed by atoms with Gasteiger partial charge in [0.15, 0.2) is 11.5 Å². The average Bonchev–Trinajstić information content (AvgIpc) is 2.30. The minimum Gasteiger partial charge on any atom is -0.490 e. The van der Waals surface area contributed by atoms with Crippen molar-refractivity contribution in [1.29, 1.82) is 0 Å². The molecule has 0 saturated carbocycles. The molecule has 18 heavy (non-hydrogen) atoms. The summed E-state index contributed by atoms with van der Waals surface area (Å²) < 4.78 is 34.1. The number of amides is 1. The van der Waals surface area contributed by atoms with Crippen LogP contribution in [-0.4, -0.2) is 19.1 Å². The van der Waals surface area contributed by atoms with Crippen molar-refractivity contribution in [2.24, 2.45) is 5.73 Å². The Morgan fingerprint density at radius 2 is 2.11 bits per heavy atom. The summed E-state index contributed by atoms with van der Waals surface area (Å²) in [6, 6.07) is 3.95. The van der Waals surface area contributed by atoms with Crippen LogP contribution in [0.5, 0.6) is 11.5 Å². The third kappa shape index (κ3) is 4.20. The Morgan fingerprint density at radius 1 is 1.39 bits per heavy atom. The maximum Gasteiger partial charge on any atom is 0.387 e. The van der Waals surface area contributed by atoms with E-state index in [-0.39, 0.29) is 17.1 Å². The van der Waals surface area contributed by atoms with Crippen LogP contribution < -0.4 is 15.2 Å². The van der Waals surface area contributed by atoms with Crippen LogP contribution in [-0.2, 0) is 0 Å². The van der Waals surface area contributed by atoms with E-state index in [4.69, 9.17) is 10.5 Å². The van der Waals surface area contributed by atoms with Crippen molar-refractivity contribution in [3.63, 3.8) is 0 Å². The second-order valence-corrected chi connectivity index (χ2v) is 3.61. The van der Waals surface area contributed by atoms with Crippen LogP contribution in [0.2, 0.25) is 0 Å². The summed E-state index contributed by atoms with van der Waals surface area (Å²) in [6.45, 7) is -0.607. The number of carbonyl (C=O) groups excluding carboxylic acids is 1. The fourth-order valence-corrected chi connectivity index (χ4v) is 1.30. The molecule has 1 aromatic rings. The minimum absolute atomic E-state index is 0.0912. The van der Waals surface area contributed by atoms with Crippen LogP contribution in [0.15, 0.2) is 18.2 Å². The summed E-state index contributed by atoms with van der Waals surface area (Å²) in [6.07, 6.45) is 1.72. The summed E-state index contributed by atoms with van der Waals surface area (Å²) >= 11 is 0. The van der Waals surface area contributed by atoms with Crippen molar-refractivity contribution in [3.05, 3.63) is 23.8 Å². The molecule has 0 aliphatic rings. The molecule has 1 aromatic carbocycles. The molecule has 0 atom stereocenters. The van der Waals surface area contributed by atoms with Gasteiger partial charge in [0.25, 0.3) is 0 Å². The van der Waals surface area contributed by atoms with Crippen LogP contribution >= 0.6 is 0 Å². The van der Waals surface area contributed by atoms with Gasteiger partial charge in [0.05, 0.1) is 6.61 Å². The SMILES string of the molecule is CCCCOc1ccc(C(N)=O)cc1OC(F)F. The predicted octanol–water partition coefficient (Wildman–Crippen LogP) is 2.57. The first kappa shape index (κ1) is 14.2. The maximum atomic E-state index is 12.2. The first-order valence-corrected chi connectivity index (χ1v) is 5.56. The fourth-order valence-electron chi connectivity index (χ4n) is 1.30. The van der Waals surface area contributed by atoms with E-state index < -0.39 is 12.5 Å². The molecule has 0 heterocycles. The number of rotatable bonds is 7. The van der Waals surface area contributed by atoms with E-state index >= 15 is 0 Å². The molecule has 2 N–H and O–H groups in total. The normalized spacial score (nSPS) is 10.4. The Kier molecular flexibility index (Phi) is 5.35. The summed E-state index contributed by atoms with van der Waals surface area (Å²) in [5.41, 5.74) is 5.15. The Morgan fingerprint density at radius 3 is 2.67 bits per heavy atom. The third-order valence-corrected chi connectivity index (χ3v) is 2.20. The van der Waals surface area contributed by atoms with E-state index in [1.54, 1.807) is 0 Å². The Labute approximate surface area is 104 Å². The van der Waals surface area contributed by atoms with E-state index in [1.165, 1.54) is 12.1 Å². The second-order valence-electron chi connectivity index (χ2n) is 3.61. The molecule has 0 bridgehead atoms. The number of ether oxygens (including phenoxy) is 2. The highest BCUT2D eigenvalue weighted by Crippen LogP contribution is 2.30. The van der Waals surface area contributed by atoms with E-state index in [0.717, 1.165) is 18.9 Å². The topological polar surface area (TPSA) is 61.5 Å². The lowest BCUT2D eigenvalue weighted by molar-refractivity contribution is -0.0515. The van der Waals surface area contributed by atoms with E-state index in [9.17, 15) is 13.6 Å². The predicted molar refractivity (Wildman–Crippen MR) is 62.0 cm³/mol. The number of unbranched alkanes of at least 4 members (excludes halogenated alkanes) is 1. The van der Waals surface area contributed by atoms with Crippen molar-refractivity contribution in [3.8, 4) is 11.5 Å². The van der Waals surface area contributed by atoms with Gasteiger partial charge >= 0.3 is 6.61 Å². The van der Waals surface area contributed by atoms with Gasteiger partial charge in [0.2, 0.25) is 5.91 Å². The molecular weight excluding hydrogens is 244 g/mol. The molecule has 1 rings (SSSR count). The zero-order valence-corrected chi connectivity index (χ0v) is 9.99. The van der Waals surface area contributed by atoms with E-state index in [0.29, 0.717) is 6.61 Å². The molecule has 0 aliphatic carbocycles. The van der Waals surface area contributed by atoms with Crippen LogP contribution in [0.1, 0.15) is 30.1 Å². The van der Waals surface area contributed by atoms with Gasteiger partial charge in [0.1, 0.15) is 0 Å². The van der Waals surface area contributed by atoms with Gasteiger partial charge in [-0.3, -0.25) is 4.79 Å². The number of hydrogen-bond donors (Lipinski definition) is 1. The van der Waals surface area contributed by atoms with Crippen LogP contribution in [0.3, 0.4) is 0 Å². The zero-order chi connectivity index (χ0) is 13.5. The number of hydrogen-bond acceptors (Lipinski definition) is 3. The number of primary amides is 1. The lowest BCUT2D eigenvalue weighted by atomic mass is 10.2. The summed E-state index contributed by atoms with van der Waals surface area (Å²) in [5, 5.41) is 0. The largest absolute Gasteiger partial charge is 0.490 e. The van der Waals surface area contributed by atoms with E-state index in [2.05, 4.69) is 4.74 Å². The van der Waals surface area contributed by atoms with Gasteiger partial charge in [-0.2, -0.15) is 8.78 Å². The quantitative estimate of drug-likeness (QED) is 0.765. The molecule has 0 aromatic heterocycles. The molecule has 0 radical (unpaired) electrons. The lowest BCUT2D eigenvalue weighted by Crippen LogP contribution is -2.12. The van der Waals surface area contributed by atoms with Gasteiger partial charge in [-0.1, -0.05) is 13.3 Å². The smallest absolute Gasteiger partial charge is 0.387 e. The third-order valence-electron chi connectivity index (χ3n) is 2.20. The number of benzene rings is 1. The maximum absolute atomic E-state index is 12.2. The number of alkyl halides is 2. The molecule has 0 aliphatic heterocycles. The minimum atomic E-state index is -2.98. The molecule has 0 unspecified atom stereocenters. The van der Waals surface area contributed by atoms with Gasteiger partial charge in [0, 0.05) is 5.56 Å². The molecule has 1 amide bonds. The highest BCUT2D eigenvalue weighted by Gasteiger charge is 2.13. The molecule has 4 nitrogen and oxygen atoms in total. The van der Waals surface area contributed by atoms with Crippen molar-refractivity contribution in [2.75, 3.05) is 6.61 Å². The standard InChI is InChI=1S/C12H15F2NO3/c1-2-3-6-17-9-5-4-8(11(15)16)7-10(9)18-12(13)14/h4-5,7,12H,2-3,6H2,1H3,(H2,15,16). The van der Waals surface area contributed by atoms with Gasteiger partial charge in [-0.05, 0) is 24.6 Å². The first-order valence-electron chi connectivity index (χ1n) is 5.56. The number of halogens is 2. The Bertz CT molecular complexity index is 410. The van der Waals surface area contributed by atoms with Crippen molar-refractivity contribution >= 4 is 5.91 Å². The number of carbonyl (C=O) groups is 1. The second kappa shape index (κ2) is 6.78. The Balaban J connectivity index is 2.89. The Hall–Kier alpha value is -1.85. The monoisotopic (exact) mass is 259 g/mol. The number of nitrogens with two attached hydrogens (primary N) is 1. The van der Waals surface area contributed by atoms with Crippen molar-refractivity contribution in [1.82, 2.24) is 0 Å². The molecular formula is C12H15F2NO3. The molecule has 0 saturated heterocycles. The zero-order valence-electron chi connectivity index (χ0n) is 9.99. The fraction of sp³-hybridized carbons (Fsp3) is 0.417. The van der Waals surface area contributed by atoms with Crippen molar-refractivity contribution < 1.29 is 23.0 Å². The van der Waals surface area contributed by atoms with Crippen LogP contribution in [0, 0.1) is 0 Å². The van der Waals surface area contributed by atoms with Crippen LogP contribution in [0.25, 0.3) is 0 Å². The van der Waals surface area contributed by atoms with Gasteiger partial charge in [-0.25, -0.2) is 0 Å². The van der Waals surface area contributed by atoms with E-state index in [1.807, 2.05) is 6.92 Å². The van der Waals surface area contributed by atoms with Crippen molar-refractivity contribution in [2.45, 2.75) is 26.4 Å². The average molecular weight is 259 g/mol. The lowest BCUT2D eigenvalue weighted by Gasteiger charge is -2.12. The first-order chi connectivity index (χ1) is 8.54. The molecule has 100 valence electrons. The molecule has 0 fully saturated rings. The molecule has 6 heteroatoms. The summed E-state index contributed by atoms with van der Waals surface area (Å²) in [5.74, 6) is -0.722. The summed E-state index contributed by atoms with van der Waals surface area (Å²) in [4.78, 5) is 10.9. The highest BCUT2D eigenvalue weighted by molar-refractivity contribution is 5.93. The van der Waals surface area contributed by atoms with Crippen LogP contribution in [0.4, 0.5) is 8.78 Å².